The van der Waals surface area contributed by atoms with Crippen LogP contribution in [0.15, 0.2) is 36.7 Å². The summed E-state index contributed by atoms with van der Waals surface area (Å²) >= 11 is 0. The number of carbonyl (C=O) groups is 1. The SMILES string of the molecule is CCCCCCCCc1cnc(-c2ccc(C(=O)OCCC(C)CCCC(C)C)cc2)nc1. The highest BCUT2D eigenvalue weighted by Crippen LogP contribution is 2.18. The van der Waals surface area contributed by atoms with E-state index in [0.717, 1.165) is 24.3 Å². The van der Waals surface area contributed by atoms with Gasteiger partial charge in [-0.25, -0.2) is 14.8 Å². The Morgan fingerprint density at radius 2 is 1.52 bits per heavy atom. The van der Waals surface area contributed by atoms with Crippen LogP contribution >= 0.6 is 0 Å². The molecule has 1 atom stereocenters. The van der Waals surface area contributed by atoms with E-state index in [1.54, 1.807) is 12.1 Å². The van der Waals surface area contributed by atoms with Crippen molar-refractivity contribution in [1.29, 1.82) is 0 Å². The summed E-state index contributed by atoms with van der Waals surface area (Å²) in [5.74, 6) is 1.77. The second-order valence-corrected chi connectivity index (χ2v) is 9.86. The fraction of sp³-hybridized carbons (Fsp3) is 0.621. The first-order chi connectivity index (χ1) is 16.0. The molecule has 0 bridgehead atoms. The minimum atomic E-state index is -0.258. The Hall–Kier alpha value is -2.23. The molecule has 0 N–H and O–H groups in total. The van der Waals surface area contributed by atoms with Gasteiger partial charge in [-0.15, -0.1) is 0 Å². The Bertz CT molecular complexity index is 784. The lowest BCUT2D eigenvalue weighted by Crippen LogP contribution is -2.09. The van der Waals surface area contributed by atoms with E-state index in [9.17, 15) is 4.79 Å². The summed E-state index contributed by atoms with van der Waals surface area (Å²) in [6.45, 7) is 9.48. The molecular formula is C29H44N2O2. The fourth-order valence-corrected chi connectivity index (χ4v) is 3.95. The molecule has 1 aromatic heterocycles. The third-order valence-electron chi connectivity index (χ3n) is 6.23. The van der Waals surface area contributed by atoms with E-state index in [-0.39, 0.29) is 5.97 Å². The van der Waals surface area contributed by atoms with Crippen molar-refractivity contribution in [1.82, 2.24) is 9.97 Å². The molecule has 0 radical (unpaired) electrons. The minimum Gasteiger partial charge on any atom is -0.462 e. The largest absolute Gasteiger partial charge is 0.462 e. The van der Waals surface area contributed by atoms with Crippen LogP contribution in [0, 0.1) is 11.8 Å². The maximum absolute atomic E-state index is 12.4. The quantitative estimate of drug-likeness (QED) is 0.191. The van der Waals surface area contributed by atoms with Crippen LogP contribution in [0.3, 0.4) is 0 Å². The summed E-state index contributed by atoms with van der Waals surface area (Å²) in [5.41, 5.74) is 2.68. The zero-order valence-electron chi connectivity index (χ0n) is 21.3. The molecule has 182 valence electrons. The third kappa shape index (κ3) is 11.0. The molecule has 2 rings (SSSR count). The van der Waals surface area contributed by atoms with Gasteiger partial charge in [0.15, 0.2) is 5.82 Å². The Labute approximate surface area is 201 Å². The van der Waals surface area contributed by atoms with Crippen LogP contribution in [0.1, 0.15) is 108 Å². The van der Waals surface area contributed by atoms with E-state index >= 15 is 0 Å². The molecule has 0 amide bonds. The predicted octanol–water partition coefficient (Wildman–Crippen LogP) is 8.06. The lowest BCUT2D eigenvalue weighted by atomic mass is 9.98. The summed E-state index contributed by atoms with van der Waals surface area (Å²) in [5, 5.41) is 0. The first kappa shape index (κ1) is 27.0. The number of hydrogen-bond donors (Lipinski definition) is 0. The van der Waals surface area contributed by atoms with Crippen LogP contribution in [0.5, 0.6) is 0 Å². The zero-order valence-corrected chi connectivity index (χ0v) is 21.3. The normalized spacial score (nSPS) is 12.2. The second-order valence-electron chi connectivity index (χ2n) is 9.86. The molecule has 1 unspecified atom stereocenters. The molecule has 0 aliphatic rings. The van der Waals surface area contributed by atoms with Gasteiger partial charge in [-0.3, -0.25) is 0 Å². The van der Waals surface area contributed by atoms with E-state index in [2.05, 4.69) is 37.7 Å². The molecule has 0 saturated heterocycles. The Morgan fingerprint density at radius 3 is 2.18 bits per heavy atom. The molecular weight excluding hydrogens is 408 g/mol. The Morgan fingerprint density at radius 1 is 0.848 bits per heavy atom. The standard InChI is InChI=1S/C29H44N2O2/c1-5-6-7-8-9-10-14-25-21-30-28(31-22-25)26-15-17-27(18-16-26)29(32)33-20-19-24(4)13-11-12-23(2)3/h15-18,21-24H,5-14,19-20H2,1-4H3. The summed E-state index contributed by atoms with van der Waals surface area (Å²) in [6, 6.07) is 7.40. The van der Waals surface area contributed by atoms with Crippen molar-refractivity contribution in [2.24, 2.45) is 11.8 Å². The van der Waals surface area contributed by atoms with Gasteiger partial charge in [0.2, 0.25) is 0 Å². The molecule has 1 heterocycles. The van der Waals surface area contributed by atoms with E-state index in [1.165, 1.54) is 63.4 Å². The number of rotatable bonds is 16. The molecule has 0 saturated carbocycles. The number of unbranched alkanes of at least 4 members (excludes halogenated alkanes) is 5. The summed E-state index contributed by atoms with van der Waals surface area (Å²) in [7, 11) is 0. The van der Waals surface area contributed by atoms with Crippen LogP contribution in [-0.2, 0) is 11.2 Å². The van der Waals surface area contributed by atoms with E-state index in [1.807, 2.05) is 24.5 Å². The van der Waals surface area contributed by atoms with Gasteiger partial charge in [-0.1, -0.05) is 91.2 Å². The molecule has 33 heavy (non-hydrogen) atoms. The average molecular weight is 453 g/mol. The molecule has 4 nitrogen and oxygen atoms in total. The predicted molar refractivity (Wildman–Crippen MR) is 137 cm³/mol. The molecule has 0 fully saturated rings. The number of nitrogens with zero attached hydrogens (tertiary/aromatic N) is 2. The van der Waals surface area contributed by atoms with Crippen LogP contribution in [0.4, 0.5) is 0 Å². The third-order valence-corrected chi connectivity index (χ3v) is 6.23. The second kappa shape index (κ2) is 15.6. The van der Waals surface area contributed by atoms with Crippen molar-refractivity contribution in [3.05, 3.63) is 47.8 Å². The topological polar surface area (TPSA) is 52.1 Å². The van der Waals surface area contributed by atoms with Crippen LogP contribution in [0.25, 0.3) is 11.4 Å². The average Bonchev–Trinajstić information content (AvgIpc) is 2.81. The lowest BCUT2D eigenvalue weighted by molar-refractivity contribution is 0.0483. The van der Waals surface area contributed by atoms with Crippen molar-refractivity contribution < 1.29 is 9.53 Å². The van der Waals surface area contributed by atoms with Gasteiger partial charge in [0.1, 0.15) is 0 Å². The van der Waals surface area contributed by atoms with Crippen molar-refractivity contribution in [3.8, 4) is 11.4 Å². The monoisotopic (exact) mass is 452 g/mol. The van der Waals surface area contributed by atoms with Gasteiger partial charge in [-0.2, -0.15) is 0 Å². The zero-order chi connectivity index (χ0) is 23.9. The first-order valence-corrected chi connectivity index (χ1v) is 13.1. The molecule has 0 aliphatic heterocycles. The fourth-order valence-electron chi connectivity index (χ4n) is 3.95. The summed E-state index contributed by atoms with van der Waals surface area (Å²) in [4.78, 5) is 21.4. The molecule has 0 aliphatic carbocycles. The van der Waals surface area contributed by atoms with Gasteiger partial charge in [0, 0.05) is 18.0 Å². The van der Waals surface area contributed by atoms with E-state index in [0.29, 0.717) is 23.9 Å². The van der Waals surface area contributed by atoms with Gasteiger partial charge in [0.05, 0.1) is 12.2 Å². The van der Waals surface area contributed by atoms with Crippen molar-refractivity contribution in [3.63, 3.8) is 0 Å². The number of hydrogen-bond acceptors (Lipinski definition) is 4. The van der Waals surface area contributed by atoms with Crippen molar-refractivity contribution >= 4 is 5.97 Å². The summed E-state index contributed by atoms with van der Waals surface area (Å²) in [6.07, 6.45) is 17.3. The lowest BCUT2D eigenvalue weighted by Gasteiger charge is -2.12. The Kier molecular flexibility index (Phi) is 12.8. The minimum absolute atomic E-state index is 0.258. The summed E-state index contributed by atoms with van der Waals surface area (Å²) < 4.78 is 5.49. The number of benzene rings is 1. The molecule has 4 heteroatoms. The number of aryl methyl sites for hydroxylation is 1. The number of esters is 1. The molecule has 2 aromatic rings. The van der Waals surface area contributed by atoms with Gasteiger partial charge < -0.3 is 4.74 Å². The first-order valence-electron chi connectivity index (χ1n) is 13.1. The van der Waals surface area contributed by atoms with Gasteiger partial charge >= 0.3 is 5.97 Å². The van der Waals surface area contributed by atoms with E-state index in [4.69, 9.17) is 4.74 Å². The number of carbonyl (C=O) groups excluding carboxylic acids is 1. The molecule has 0 spiro atoms. The van der Waals surface area contributed by atoms with Crippen molar-refractivity contribution in [2.75, 3.05) is 6.61 Å². The highest BCUT2D eigenvalue weighted by atomic mass is 16.5. The van der Waals surface area contributed by atoms with Crippen LogP contribution < -0.4 is 0 Å². The number of ether oxygens (including phenoxy) is 1. The maximum atomic E-state index is 12.4. The van der Waals surface area contributed by atoms with Crippen LogP contribution in [-0.4, -0.2) is 22.5 Å². The van der Waals surface area contributed by atoms with Crippen molar-refractivity contribution in [2.45, 2.75) is 98.3 Å². The highest BCUT2D eigenvalue weighted by Gasteiger charge is 2.10. The van der Waals surface area contributed by atoms with Gasteiger partial charge in [0.25, 0.3) is 0 Å². The molecule has 1 aromatic carbocycles. The maximum Gasteiger partial charge on any atom is 0.338 e. The highest BCUT2D eigenvalue weighted by molar-refractivity contribution is 5.89. The Balaban J connectivity index is 1.73. The van der Waals surface area contributed by atoms with E-state index < -0.39 is 0 Å². The van der Waals surface area contributed by atoms with Gasteiger partial charge in [-0.05, 0) is 48.8 Å². The smallest absolute Gasteiger partial charge is 0.338 e. The van der Waals surface area contributed by atoms with Crippen LogP contribution in [0.2, 0.25) is 0 Å². The number of aromatic nitrogens is 2.